The van der Waals surface area contributed by atoms with Gasteiger partial charge in [-0.2, -0.15) is 0 Å². The van der Waals surface area contributed by atoms with E-state index in [0.717, 1.165) is 23.2 Å². The Morgan fingerprint density at radius 3 is 2.60 bits per heavy atom. The lowest BCUT2D eigenvalue weighted by Gasteiger charge is -2.18. The lowest BCUT2D eigenvalue weighted by atomic mass is 10.1. The van der Waals surface area contributed by atoms with Crippen LogP contribution in [0, 0.1) is 0 Å². The average Bonchev–Trinajstić information content (AvgIpc) is 2.62. The molecule has 0 saturated heterocycles. The van der Waals surface area contributed by atoms with E-state index in [-0.39, 0.29) is 18.4 Å². The summed E-state index contributed by atoms with van der Waals surface area (Å²) in [4.78, 5) is 26.2. The lowest BCUT2D eigenvalue weighted by molar-refractivity contribution is -0.116. The summed E-state index contributed by atoms with van der Waals surface area (Å²) < 4.78 is 5.09. The molecular formula is C20H24N2O3. The highest BCUT2D eigenvalue weighted by atomic mass is 16.5. The van der Waals surface area contributed by atoms with Gasteiger partial charge in [0.25, 0.3) is 5.91 Å². The Labute approximate surface area is 148 Å². The highest BCUT2D eigenvalue weighted by Gasteiger charge is 2.16. The van der Waals surface area contributed by atoms with Crippen molar-refractivity contribution in [1.82, 2.24) is 4.90 Å². The number of rotatable bonds is 7. The molecule has 2 aromatic rings. The summed E-state index contributed by atoms with van der Waals surface area (Å²) in [5, 5.41) is 2.88. The Morgan fingerprint density at radius 2 is 1.88 bits per heavy atom. The minimum atomic E-state index is -0.218. The van der Waals surface area contributed by atoms with Crippen molar-refractivity contribution in [3.8, 4) is 0 Å². The van der Waals surface area contributed by atoms with Gasteiger partial charge in [0.05, 0.1) is 13.2 Å². The molecule has 0 atom stereocenters. The van der Waals surface area contributed by atoms with Crippen LogP contribution in [0.5, 0.6) is 0 Å². The van der Waals surface area contributed by atoms with E-state index < -0.39 is 0 Å². The van der Waals surface area contributed by atoms with E-state index in [2.05, 4.69) is 5.32 Å². The maximum Gasteiger partial charge on any atom is 0.254 e. The second-order valence-corrected chi connectivity index (χ2v) is 5.85. The van der Waals surface area contributed by atoms with Gasteiger partial charge in [0, 0.05) is 25.4 Å². The van der Waals surface area contributed by atoms with E-state index in [1.54, 1.807) is 26.3 Å². The van der Waals surface area contributed by atoms with Crippen LogP contribution in [0.1, 0.15) is 28.4 Å². The number of ether oxygens (including phenoxy) is 1. The first-order valence-electron chi connectivity index (χ1n) is 8.26. The minimum Gasteiger partial charge on any atom is -0.380 e. The van der Waals surface area contributed by atoms with E-state index in [9.17, 15) is 9.59 Å². The van der Waals surface area contributed by atoms with Crippen molar-refractivity contribution in [3.63, 3.8) is 0 Å². The smallest absolute Gasteiger partial charge is 0.254 e. The summed E-state index contributed by atoms with van der Waals surface area (Å²) in [5.41, 5.74) is 3.32. The number of carbonyl (C=O) groups is 2. The molecule has 132 valence electrons. The van der Waals surface area contributed by atoms with Crippen LogP contribution in [0.15, 0.2) is 48.5 Å². The van der Waals surface area contributed by atoms with Crippen molar-refractivity contribution < 1.29 is 14.3 Å². The molecule has 0 aromatic heterocycles. The number of para-hydroxylation sites is 1. The molecule has 1 N–H and O–H groups in total. The third kappa shape index (κ3) is 5.16. The topological polar surface area (TPSA) is 58.6 Å². The standard InChI is InChI=1S/C20H24N2O3/c1-4-16-9-5-6-11-18(16)21-19(23)13-22(2)20(24)17-10-7-8-15(12-17)14-25-3/h5-12H,4,13-14H2,1-3H3,(H,21,23). The van der Waals surface area contributed by atoms with Gasteiger partial charge in [-0.25, -0.2) is 0 Å². The number of nitrogens with zero attached hydrogens (tertiary/aromatic N) is 1. The molecule has 2 rings (SSSR count). The van der Waals surface area contributed by atoms with Gasteiger partial charge in [-0.3, -0.25) is 9.59 Å². The molecule has 0 spiro atoms. The van der Waals surface area contributed by atoms with Gasteiger partial charge in [-0.05, 0) is 35.7 Å². The second-order valence-electron chi connectivity index (χ2n) is 5.85. The number of hydrogen-bond acceptors (Lipinski definition) is 3. The summed E-state index contributed by atoms with van der Waals surface area (Å²) in [6.45, 7) is 2.47. The maximum atomic E-state index is 12.5. The van der Waals surface area contributed by atoms with Crippen molar-refractivity contribution in [2.45, 2.75) is 20.0 Å². The van der Waals surface area contributed by atoms with Crippen LogP contribution in [0.25, 0.3) is 0 Å². The van der Waals surface area contributed by atoms with Crippen molar-refractivity contribution in [2.75, 3.05) is 26.0 Å². The van der Waals surface area contributed by atoms with Crippen molar-refractivity contribution in [3.05, 3.63) is 65.2 Å². The van der Waals surface area contributed by atoms with Crippen LogP contribution < -0.4 is 5.32 Å². The van der Waals surface area contributed by atoms with E-state index in [0.29, 0.717) is 12.2 Å². The maximum absolute atomic E-state index is 12.5. The molecule has 0 aliphatic rings. The van der Waals surface area contributed by atoms with Crippen molar-refractivity contribution in [2.24, 2.45) is 0 Å². The Hall–Kier alpha value is -2.66. The van der Waals surface area contributed by atoms with Crippen molar-refractivity contribution in [1.29, 1.82) is 0 Å². The van der Waals surface area contributed by atoms with Gasteiger partial charge in [-0.15, -0.1) is 0 Å². The zero-order valence-electron chi connectivity index (χ0n) is 14.9. The molecule has 0 saturated carbocycles. The quantitative estimate of drug-likeness (QED) is 0.842. The number of anilines is 1. The fourth-order valence-corrected chi connectivity index (χ4v) is 2.61. The number of benzene rings is 2. The highest BCUT2D eigenvalue weighted by molar-refractivity contribution is 5.99. The first-order valence-corrected chi connectivity index (χ1v) is 8.26. The molecule has 0 heterocycles. The third-order valence-electron chi connectivity index (χ3n) is 3.88. The molecule has 0 bridgehead atoms. The summed E-state index contributed by atoms with van der Waals surface area (Å²) in [7, 11) is 3.23. The minimum absolute atomic E-state index is 0.00854. The Kier molecular flexibility index (Phi) is 6.71. The predicted molar refractivity (Wildman–Crippen MR) is 98.6 cm³/mol. The summed E-state index contributed by atoms with van der Waals surface area (Å²) in [6.07, 6.45) is 0.831. The van der Waals surface area contributed by atoms with E-state index in [1.165, 1.54) is 4.90 Å². The second kappa shape index (κ2) is 8.99. The molecule has 2 aromatic carbocycles. The number of aryl methyl sites for hydroxylation is 1. The molecule has 0 aliphatic carbocycles. The van der Waals surface area contributed by atoms with Crippen LogP contribution in [-0.2, 0) is 22.6 Å². The highest BCUT2D eigenvalue weighted by Crippen LogP contribution is 2.15. The van der Waals surface area contributed by atoms with Gasteiger partial charge in [0.1, 0.15) is 0 Å². The van der Waals surface area contributed by atoms with E-state index in [4.69, 9.17) is 4.74 Å². The third-order valence-corrected chi connectivity index (χ3v) is 3.88. The Morgan fingerprint density at radius 1 is 1.12 bits per heavy atom. The fourth-order valence-electron chi connectivity index (χ4n) is 2.61. The average molecular weight is 340 g/mol. The molecule has 5 nitrogen and oxygen atoms in total. The molecule has 0 aliphatic heterocycles. The molecule has 5 heteroatoms. The summed E-state index contributed by atoms with van der Waals surface area (Å²) >= 11 is 0. The van der Waals surface area contributed by atoms with Gasteiger partial charge in [0.2, 0.25) is 5.91 Å². The molecular weight excluding hydrogens is 316 g/mol. The first kappa shape index (κ1) is 18.7. The monoisotopic (exact) mass is 340 g/mol. The van der Waals surface area contributed by atoms with Crippen molar-refractivity contribution >= 4 is 17.5 Å². The molecule has 25 heavy (non-hydrogen) atoms. The molecule has 0 unspecified atom stereocenters. The molecule has 2 amide bonds. The normalized spacial score (nSPS) is 10.4. The first-order chi connectivity index (χ1) is 12.0. The van der Waals surface area contributed by atoms with E-state index in [1.807, 2.05) is 43.3 Å². The zero-order chi connectivity index (χ0) is 18.2. The lowest BCUT2D eigenvalue weighted by Crippen LogP contribution is -2.35. The molecule has 0 radical (unpaired) electrons. The molecule has 0 fully saturated rings. The van der Waals surface area contributed by atoms with Gasteiger partial charge < -0.3 is 15.0 Å². The zero-order valence-corrected chi connectivity index (χ0v) is 14.9. The number of hydrogen-bond donors (Lipinski definition) is 1. The Balaban J connectivity index is 2.00. The number of carbonyl (C=O) groups excluding carboxylic acids is 2. The summed E-state index contributed by atoms with van der Waals surface area (Å²) in [5.74, 6) is -0.415. The largest absolute Gasteiger partial charge is 0.380 e. The summed E-state index contributed by atoms with van der Waals surface area (Å²) in [6, 6.07) is 14.9. The van der Waals surface area contributed by atoms with Crippen LogP contribution >= 0.6 is 0 Å². The van der Waals surface area contributed by atoms with Gasteiger partial charge in [-0.1, -0.05) is 37.3 Å². The van der Waals surface area contributed by atoms with Crippen LogP contribution in [0.3, 0.4) is 0 Å². The number of methoxy groups -OCH3 is 1. The Bertz CT molecular complexity index is 743. The predicted octanol–water partition coefficient (Wildman–Crippen LogP) is 3.11. The van der Waals surface area contributed by atoms with Crippen LogP contribution in [0.2, 0.25) is 0 Å². The number of likely N-dealkylation sites (N-methyl/N-ethyl adjacent to an activating group) is 1. The number of amides is 2. The SMILES string of the molecule is CCc1ccccc1NC(=O)CN(C)C(=O)c1cccc(COC)c1. The van der Waals surface area contributed by atoms with Crippen LogP contribution in [-0.4, -0.2) is 37.4 Å². The number of nitrogens with one attached hydrogen (secondary N) is 1. The van der Waals surface area contributed by atoms with E-state index >= 15 is 0 Å². The van der Waals surface area contributed by atoms with Crippen LogP contribution in [0.4, 0.5) is 5.69 Å². The van der Waals surface area contributed by atoms with Gasteiger partial charge in [0.15, 0.2) is 0 Å². The fraction of sp³-hybridized carbons (Fsp3) is 0.300. The van der Waals surface area contributed by atoms with Gasteiger partial charge >= 0.3 is 0 Å².